The minimum atomic E-state index is 0.697. The molecular weight excluding hydrogens is 701 g/mol. The number of rotatable bonds is 6. The van der Waals surface area contributed by atoms with Crippen LogP contribution in [0.1, 0.15) is 0 Å². The quantitative estimate of drug-likeness (QED) is 0.171. The molecule has 0 fully saturated rings. The van der Waals surface area contributed by atoms with E-state index in [9.17, 15) is 0 Å². The van der Waals surface area contributed by atoms with Gasteiger partial charge in [-0.1, -0.05) is 164 Å². The van der Waals surface area contributed by atoms with E-state index in [0.29, 0.717) is 5.82 Å². The molecule has 0 radical (unpaired) electrons. The fraction of sp³-hybridized carbons (Fsp3) is 0. The summed E-state index contributed by atoms with van der Waals surface area (Å²) in [5.41, 5.74) is 13.5. The summed E-state index contributed by atoms with van der Waals surface area (Å²) in [7, 11) is 0. The highest BCUT2D eigenvalue weighted by Crippen LogP contribution is 2.46. The van der Waals surface area contributed by atoms with Crippen LogP contribution in [-0.4, -0.2) is 9.97 Å². The number of furan rings is 1. The molecule has 3 aromatic heterocycles. The molecule has 0 saturated heterocycles. The van der Waals surface area contributed by atoms with Gasteiger partial charge in [-0.3, -0.25) is 0 Å². The Kier molecular flexibility index (Phi) is 7.68. The van der Waals surface area contributed by atoms with Crippen molar-refractivity contribution in [1.29, 1.82) is 0 Å². The van der Waals surface area contributed by atoms with E-state index in [0.717, 1.165) is 61.1 Å². The molecule has 0 amide bonds. The first-order valence-electron chi connectivity index (χ1n) is 18.8. The number of para-hydroxylation sites is 1. The van der Waals surface area contributed by atoms with Crippen LogP contribution in [-0.2, 0) is 0 Å². The molecule has 11 aromatic rings. The van der Waals surface area contributed by atoms with Gasteiger partial charge in [-0.25, -0.2) is 9.97 Å². The van der Waals surface area contributed by atoms with Crippen LogP contribution >= 0.6 is 11.3 Å². The lowest BCUT2D eigenvalue weighted by Crippen LogP contribution is -1.96. The summed E-state index contributed by atoms with van der Waals surface area (Å²) in [6.07, 6.45) is 0. The van der Waals surface area contributed by atoms with Gasteiger partial charge < -0.3 is 4.42 Å². The van der Waals surface area contributed by atoms with Crippen LogP contribution in [0.5, 0.6) is 0 Å². The van der Waals surface area contributed by atoms with E-state index >= 15 is 0 Å². The second-order valence-corrected chi connectivity index (χ2v) is 15.2. The average Bonchev–Trinajstić information content (AvgIpc) is 3.86. The van der Waals surface area contributed by atoms with Gasteiger partial charge >= 0.3 is 0 Å². The smallest absolute Gasteiger partial charge is 0.160 e. The number of nitrogens with zero attached hydrogens (tertiary/aromatic N) is 2. The van der Waals surface area contributed by atoms with E-state index in [1.807, 2.05) is 41.7 Å². The summed E-state index contributed by atoms with van der Waals surface area (Å²) < 4.78 is 9.33. The van der Waals surface area contributed by atoms with Crippen LogP contribution in [0.2, 0.25) is 0 Å². The van der Waals surface area contributed by atoms with Crippen molar-refractivity contribution in [2.24, 2.45) is 0 Å². The third-order valence-electron chi connectivity index (χ3n) is 10.8. The van der Waals surface area contributed by atoms with E-state index in [4.69, 9.17) is 14.4 Å². The normalized spacial score (nSPS) is 11.6. The second kappa shape index (κ2) is 13.3. The zero-order valence-corrected chi connectivity index (χ0v) is 31.0. The molecule has 0 atom stereocenters. The Morgan fingerprint density at radius 2 is 0.893 bits per heavy atom. The van der Waals surface area contributed by atoms with E-state index in [1.54, 1.807) is 0 Å². The second-order valence-electron chi connectivity index (χ2n) is 14.1. The van der Waals surface area contributed by atoms with Crippen molar-refractivity contribution in [3.8, 4) is 67.3 Å². The SMILES string of the molecule is c1ccc(-c2ccc(-c3cc(-c4ccc(-c5ccc(-c6cccc7sc8ccccc8c67)c6c5oc5ccccc56)cc4)nc(-c4ccccc4)n3)cc2)cc1. The summed E-state index contributed by atoms with van der Waals surface area (Å²) in [5, 5.41) is 4.83. The molecule has 0 aliphatic rings. The molecular formula is C52H32N2OS. The molecule has 0 bridgehead atoms. The Morgan fingerprint density at radius 3 is 1.62 bits per heavy atom. The first-order valence-corrected chi connectivity index (χ1v) is 19.6. The third kappa shape index (κ3) is 5.50. The Bertz CT molecular complexity index is 3220. The van der Waals surface area contributed by atoms with Crippen LogP contribution in [0.4, 0.5) is 0 Å². The van der Waals surface area contributed by atoms with Crippen molar-refractivity contribution in [1.82, 2.24) is 9.97 Å². The number of benzene rings is 8. The molecule has 262 valence electrons. The summed E-state index contributed by atoms with van der Waals surface area (Å²) >= 11 is 1.85. The van der Waals surface area contributed by atoms with Gasteiger partial charge in [0.2, 0.25) is 0 Å². The summed E-state index contributed by atoms with van der Waals surface area (Å²) in [6.45, 7) is 0. The third-order valence-corrected chi connectivity index (χ3v) is 11.9. The van der Waals surface area contributed by atoms with Crippen molar-refractivity contribution >= 4 is 53.4 Å². The maximum absolute atomic E-state index is 6.74. The molecule has 0 aliphatic heterocycles. The van der Waals surface area contributed by atoms with Crippen LogP contribution in [0.3, 0.4) is 0 Å². The number of hydrogen-bond acceptors (Lipinski definition) is 4. The first-order chi connectivity index (χ1) is 27.7. The molecule has 3 nitrogen and oxygen atoms in total. The molecule has 0 saturated carbocycles. The van der Waals surface area contributed by atoms with Crippen LogP contribution in [0, 0.1) is 0 Å². The minimum Gasteiger partial charge on any atom is -0.455 e. The van der Waals surface area contributed by atoms with Crippen molar-refractivity contribution in [3.05, 3.63) is 194 Å². The van der Waals surface area contributed by atoms with E-state index < -0.39 is 0 Å². The van der Waals surface area contributed by atoms with Gasteiger partial charge in [0.1, 0.15) is 11.2 Å². The van der Waals surface area contributed by atoms with Crippen LogP contribution in [0.15, 0.2) is 199 Å². The minimum absolute atomic E-state index is 0.697. The fourth-order valence-corrected chi connectivity index (χ4v) is 9.16. The molecule has 56 heavy (non-hydrogen) atoms. The average molecular weight is 733 g/mol. The number of hydrogen-bond donors (Lipinski definition) is 0. The predicted molar refractivity (Wildman–Crippen MR) is 235 cm³/mol. The molecule has 4 heteroatoms. The van der Waals surface area contributed by atoms with Crippen LogP contribution in [0.25, 0.3) is 109 Å². The molecule has 0 N–H and O–H groups in total. The Morgan fingerprint density at radius 1 is 0.357 bits per heavy atom. The lowest BCUT2D eigenvalue weighted by molar-refractivity contribution is 0.670. The Hall–Kier alpha value is -7.14. The standard InChI is InChI=1S/C52H32N2OS/c1-3-12-33(13-4-1)34-22-26-36(27-23-34)44-32-45(54-52(53-44)38-14-5-2-6-15-38)37-28-24-35(25-29-37)39-30-31-41(50-42-16-7-9-19-46(42)55-51(39)50)40-18-11-21-48-49(40)43-17-8-10-20-47(43)56-48/h1-32H. The zero-order chi connectivity index (χ0) is 37.0. The highest BCUT2D eigenvalue weighted by molar-refractivity contribution is 7.25. The largest absolute Gasteiger partial charge is 0.455 e. The predicted octanol–water partition coefficient (Wildman–Crippen LogP) is 14.7. The van der Waals surface area contributed by atoms with Gasteiger partial charge in [-0.2, -0.15) is 0 Å². The highest BCUT2D eigenvalue weighted by atomic mass is 32.1. The highest BCUT2D eigenvalue weighted by Gasteiger charge is 2.20. The van der Waals surface area contributed by atoms with Gasteiger partial charge in [0.25, 0.3) is 0 Å². The molecule has 0 spiro atoms. The first kappa shape index (κ1) is 32.3. The Labute approximate surface area is 327 Å². The van der Waals surface area contributed by atoms with E-state index in [1.165, 1.54) is 42.4 Å². The lowest BCUT2D eigenvalue weighted by atomic mass is 9.92. The molecule has 3 heterocycles. The number of fused-ring (bicyclic) bond motifs is 6. The van der Waals surface area contributed by atoms with Crippen molar-refractivity contribution in [3.63, 3.8) is 0 Å². The van der Waals surface area contributed by atoms with Gasteiger partial charge in [-0.05, 0) is 58.1 Å². The summed E-state index contributed by atoms with van der Waals surface area (Å²) in [6, 6.07) is 68.3. The number of aromatic nitrogens is 2. The monoisotopic (exact) mass is 732 g/mol. The van der Waals surface area contributed by atoms with Gasteiger partial charge in [0.05, 0.1) is 11.4 Å². The molecule has 11 rings (SSSR count). The maximum atomic E-state index is 6.74. The topological polar surface area (TPSA) is 38.9 Å². The zero-order valence-electron chi connectivity index (χ0n) is 30.2. The van der Waals surface area contributed by atoms with E-state index in [-0.39, 0.29) is 0 Å². The van der Waals surface area contributed by atoms with Gasteiger partial charge in [0.15, 0.2) is 5.82 Å². The summed E-state index contributed by atoms with van der Waals surface area (Å²) in [5.74, 6) is 0.697. The molecule has 0 aliphatic carbocycles. The van der Waals surface area contributed by atoms with Crippen molar-refractivity contribution < 1.29 is 4.42 Å². The number of thiophene rings is 1. The molecule has 8 aromatic carbocycles. The lowest BCUT2D eigenvalue weighted by Gasteiger charge is -2.12. The maximum Gasteiger partial charge on any atom is 0.160 e. The summed E-state index contributed by atoms with van der Waals surface area (Å²) in [4.78, 5) is 10.2. The van der Waals surface area contributed by atoms with Gasteiger partial charge in [0, 0.05) is 53.2 Å². The van der Waals surface area contributed by atoms with Crippen molar-refractivity contribution in [2.75, 3.05) is 0 Å². The van der Waals surface area contributed by atoms with Crippen LogP contribution < -0.4 is 0 Å². The van der Waals surface area contributed by atoms with Crippen molar-refractivity contribution in [2.45, 2.75) is 0 Å². The fourth-order valence-electron chi connectivity index (χ4n) is 8.02. The molecule has 0 unspecified atom stereocenters. The van der Waals surface area contributed by atoms with E-state index in [2.05, 4.69) is 164 Å². The van der Waals surface area contributed by atoms with Gasteiger partial charge in [-0.15, -0.1) is 11.3 Å². The Balaban J connectivity index is 1.02.